The SMILES string of the molecule is O=C(NCCOc1ccc2ccccc2c1)N1CCOC(CO)C1. The van der Waals surface area contributed by atoms with Crippen LogP contribution in [0, 0.1) is 0 Å². The van der Waals surface area contributed by atoms with E-state index in [9.17, 15) is 4.79 Å². The molecule has 0 aliphatic carbocycles. The summed E-state index contributed by atoms with van der Waals surface area (Å²) in [5.41, 5.74) is 0. The summed E-state index contributed by atoms with van der Waals surface area (Å²) in [7, 11) is 0. The smallest absolute Gasteiger partial charge is 0.317 e. The van der Waals surface area contributed by atoms with E-state index in [0.29, 0.717) is 32.8 Å². The van der Waals surface area contributed by atoms with Gasteiger partial charge in [0.05, 0.1) is 32.4 Å². The lowest BCUT2D eigenvalue weighted by molar-refractivity contribution is -0.0403. The molecule has 24 heavy (non-hydrogen) atoms. The number of hydrogen-bond donors (Lipinski definition) is 2. The standard InChI is InChI=1S/C18H22N2O4/c21-13-17-12-20(8-10-24-17)18(22)19-7-9-23-16-6-5-14-3-1-2-4-15(14)11-16/h1-6,11,17,21H,7-10,12-13H2,(H,19,22). The summed E-state index contributed by atoms with van der Waals surface area (Å²) < 4.78 is 11.0. The van der Waals surface area contributed by atoms with Gasteiger partial charge in [-0.2, -0.15) is 0 Å². The zero-order valence-electron chi connectivity index (χ0n) is 13.5. The number of ether oxygens (including phenoxy) is 2. The van der Waals surface area contributed by atoms with Gasteiger partial charge in [-0.15, -0.1) is 0 Å². The highest BCUT2D eigenvalue weighted by atomic mass is 16.5. The Labute approximate surface area is 141 Å². The van der Waals surface area contributed by atoms with Crippen molar-refractivity contribution in [2.45, 2.75) is 6.10 Å². The Bertz CT molecular complexity index is 692. The molecule has 2 aromatic carbocycles. The molecule has 2 amide bonds. The van der Waals surface area contributed by atoms with Gasteiger partial charge in [0.2, 0.25) is 0 Å². The zero-order chi connectivity index (χ0) is 16.8. The Morgan fingerprint density at radius 2 is 2.12 bits per heavy atom. The molecule has 3 rings (SSSR count). The van der Waals surface area contributed by atoms with Gasteiger partial charge < -0.3 is 24.8 Å². The predicted octanol–water partition coefficient (Wildman–Crippen LogP) is 1.62. The van der Waals surface area contributed by atoms with Crippen molar-refractivity contribution in [3.05, 3.63) is 42.5 Å². The van der Waals surface area contributed by atoms with Gasteiger partial charge in [-0.1, -0.05) is 30.3 Å². The van der Waals surface area contributed by atoms with Crippen molar-refractivity contribution in [1.29, 1.82) is 0 Å². The summed E-state index contributed by atoms with van der Waals surface area (Å²) in [6.07, 6.45) is -0.293. The molecule has 128 valence electrons. The number of aliphatic hydroxyl groups is 1. The Hall–Kier alpha value is -2.31. The van der Waals surface area contributed by atoms with Gasteiger partial charge in [0.1, 0.15) is 12.4 Å². The number of urea groups is 1. The third-order valence-electron chi connectivity index (χ3n) is 4.00. The average Bonchev–Trinajstić information content (AvgIpc) is 2.65. The maximum absolute atomic E-state index is 12.1. The first-order valence-corrected chi connectivity index (χ1v) is 8.13. The Morgan fingerprint density at radius 1 is 1.29 bits per heavy atom. The van der Waals surface area contributed by atoms with Crippen LogP contribution >= 0.6 is 0 Å². The van der Waals surface area contributed by atoms with E-state index >= 15 is 0 Å². The van der Waals surface area contributed by atoms with Crippen LogP contribution in [0.5, 0.6) is 5.75 Å². The van der Waals surface area contributed by atoms with Crippen molar-refractivity contribution in [3.8, 4) is 5.75 Å². The van der Waals surface area contributed by atoms with Crippen LogP contribution in [0.1, 0.15) is 0 Å². The number of carbonyl (C=O) groups is 1. The highest BCUT2D eigenvalue weighted by Gasteiger charge is 2.23. The molecule has 0 aromatic heterocycles. The molecule has 1 atom stereocenters. The Morgan fingerprint density at radius 3 is 2.96 bits per heavy atom. The molecule has 1 heterocycles. The molecule has 1 fully saturated rings. The van der Waals surface area contributed by atoms with E-state index < -0.39 is 0 Å². The van der Waals surface area contributed by atoms with Gasteiger partial charge in [-0.3, -0.25) is 0 Å². The van der Waals surface area contributed by atoms with Crippen molar-refractivity contribution in [1.82, 2.24) is 10.2 Å². The number of hydrogen-bond acceptors (Lipinski definition) is 4. The summed E-state index contributed by atoms with van der Waals surface area (Å²) >= 11 is 0. The summed E-state index contributed by atoms with van der Waals surface area (Å²) in [6, 6.07) is 13.9. The van der Waals surface area contributed by atoms with E-state index in [2.05, 4.69) is 11.4 Å². The van der Waals surface area contributed by atoms with Gasteiger partial charge in [0.25, 0.3) is 0 Å². The minimum atomic E-state index is -0.293. The van der Waals surface area contributed by atoms with Crippen molar-refractivity contribution in [2.24, 2.45) is 0 Å². The van der Waals surface area contributed by atoms with Crippen LogP contribution in [0.4, 0.5) is 4.79 Å². The van der Waals surface area contributed by atoms with Crippen LogP contribution < -0.4 is 10.1 Å². The molecule has 0 spiro atoms. The van der Waals surface area contributed by atoms with E-state index in [-0.39, 0.29) is 18.7 Å². The first-order valence-electron chi connectivity index (χ1n) is 8.13. The van der Waals surface area contributed by atoms with Crippen LogP contribution in [-0.2, 0) is 4.74 Å². The number of aliphatic hydroxyl groups excluding tert-OH is 1. The van der Waals surface area contributed by atoms with Crippen LogP contribution in [0.3, 0.4) is 0 Å². The number of nitrogens with one attached hydrogen (secondary N) is 1. The summed E-state index contributed by atoms with van der Waals surface area (Å²) in [4.78, 5) is 13.7. The van der Waals surface area contributed by atoms with Crippen LogP contribution in [-0.4, -0.2) is 61.6 Å². The van der Waals surface area contributed by atoms with Crippen LogP contribution in [0.15, 0.2) is 42.5 Å². The van der Waals surface area contributed by atoms with Gasteiger partial charge in [0, 0.05) is 6.54 Å². The third kappa shape index (κ3) is 4.15. The topological polar surface area (TPSA) is 71.0 Å². The molecule has 1 aliphatic rings. The minimum absolute atomic E-state index is 0.0745. The van der Waals surface area contributed by atoms with E-state index in [1.807, 2.05) is 36.4 Å². The molecule has 1 saturated heterocycles. The highest BCUT2D eigenvalue weighted by Crippen LogP contribution is 2.20. The molecule has 0 radical (unpaired) electrons. The molecular weight excluding hydrogens is 308 g/mol. The fraction of sp³-hybridized carbons (Fsp3) is 0.389. The van der Waals surface area contributed by atoms with Gasteiger partial charge in [-0.05, 0) is 22.9 Å². The first-order chi connectivity index (χ1) is 11.8. The second-order valence-electron chi connectivity index (χ2n) is 5.71. The lowest BCUT2D eigenvalue weighted by Gasteiger charge is -2.32. The van der Waals surface area contributed by atoms with Gasteiger partial charge in [0.15, 0.2) is 0 Å². The number of morpholine rings is 1. The van der Waals surface area contributed by atoms with Crippen molar-refractivity contribution < 1.29 is 19.4 Å². The quantitative estimate of drug-likeness (QED) is 0.818. The van der Waals surface area contributed by atoms with Gasteiger partial charge >= 0.3 is 6.03 Å². The second kappa shape index (κ2) is 7.99. The summed E-state index contributed by atoms with van der Waals surface area (Å²) in [5, 5.41) is 14.2. The number of rotatable bonds is 5. The first kappa shape index (κ1) is 16.5. The van der Waals surface area contributed by atoms with Gasteiger partial charge in [-0.25, -0.2) is 4.79 Å². The van der Waals surface area contributed by atoms with E-state index in [1.54, 1.807) is 4.90 Å². The number of fused-ring (bicyclic) bond motifs is 1. The lowest BCUT2D eigenvalue weighted by atomic mass is 10.1. The molecule has 2 N–H and O–H groups in total. The third-order valence-corrected chi connectivity index (χ3v) is 4.00. The minimum Gasteiger partial charge on any atom is -0.492 e. The van der Waals surface area contributed by atoms with Crippen molar-refractivity contribution in [3.63, 3.8) is 0 Å². The highest BCUT2D eigenvalue weighted by molar-refractivity contribution is 5.83. The molecule has 1 aliphatic heterocycles. The number of benzene rings is 2. The predicted molar refractivity (Wildman–Crippen MR) is 91.2 cm³/mol. The maximum atomic E-state index is 12.1. The Balaban J connectivity index is 1.43. The molecule has 0 saturated carbocycles. The molecule has 6 nitrogen and oxygen atoms in total. The molecule has 2 aromatic rings. The number of amides is 2. The monoisotopic (exact) mass is 330 g/mol. The van der Waals surface area contributed by atoms with Crippen molar-refractivity contribution in [2.75, 3.05) is 39.5 Å². The average molecular weight is 330 g/mol. The second-order valence-corrected chi connectivity index (χ2v) is 5.71. The zero-order valence-corrected chi connectivity index (χ0v) is 13.5. The number of carbonyl (C=O) groups excluding carboxylic acids is 1. The molecular formula is C18H22N2O4. The van der Waals surface area contributed by atoms with Crippen molar-refractivity contribution >= 4 is 16.8 Å². The normalized spacial score (nSPS) is 17.7. The molecule has 1 unspecified atom stereocenters. The van der Waals surface area contributed by atoms with E-state index in [1.165, 1.54) is 5.39 Å². The fourth-order valence-electron chi connectivity index (χ4n) is 2.71. The fourth-order valence-corrected chi connectivity index (χ4v) is 2.71. The largest absolute Gasteiger partial charge is 0.492 e. The number of nitrogens with zero attached hydrogens (tertiary/aromatic N) is 1. The summed E-state index contributed by atoms with van der Waals surface area (Å²) in [6.45, 7) is 2.15. The Kier molecular flexibility index (Phi) is 5.51. The van der Waals surface area contributed by atoms with E-state index in [0.717, 1.165) is 11.1 Å². The summed E-state index contributed by atoms with van der Waals surface area (Å²) in [5.74, 6) is 0.787. The van der Waals surface area contributed by atoms with Crippen LogP contribution in [0.2, 0.25) is 0 Å². The van der Waals surface area contributed by atoms with Crippen LogP contribution in [0.25, 0.3) is 10.8 Å². The lowest BCUT2D eigenvalue weighted by Crippen LogP contribution is -2.51. The molecule has 6 heteroatoms. The maximum Gasteiger partial charge on any atom is 0.317 e. The van der Waals surface area contributed by atoms with E-state index in [4.69, 9.17) is 14.6 Å². The molecule has 0 bridgehead atoms.